The molecule has 0 N–H and O–H groups in total. The first-order valence-electron chi connectivity index (χ1n) is 20.4. The summed E-state index contributed by atoms with van der Waals surface area (Å²) in [6, 6.07) is 56.3. The van der Waals surface area contributed by atoms with E-state index in [0.29, 0.717) is 0 Å². The van der Waals surface area contributed by atoms with Crippen molar-refractivity contribution in [1.29, 1.82) is 0 Å². The number of fused-ring (bicyclic) bond motifs is 14. The van der Waals surface area contributed by atoms with Gasteiger partial charge in [-0.05, 0) is 121 Å². The van der Waals surface area contributed by atoms with Crippen LogP contribution in [0.1, 0.15) is 74.9 Å². The molecule has 0 spiro atoms. The highest BCUT2D eigenvalue weighted by Gasteiger charge is 2.56. The van der Waals surface area contributed by atoms with E-state index in [1.54, 1.807) is 0 Å². The molecule has 12 rings (SSSR count). The van der Waals surface area contributed by atoms with E-state index in [-0.39, 0.29) is 10.8 Å². The largest absolute Gasteiger partial charge is 0.456 e. The molecule has 1 aromatic heterocycles. The normalized spacial score (nSPS) is 17.1. The molecule has 0 radical (unpaired) electrons. The third-order valence-electron chi connectivity index (χ3n) is 13.7. The second-order valence-corrected chi connectivity index (χ2v) is 18.2. The van der Waals surface area contributed by atoms with Crippen molar-refractivity contribution in [2.24, 2.45) is 0 Å². The van der Waals surface area contributed by atoms with E-state index in [1.165, 1.54) is 88.9 Å². The van der Waals surface area contributed by atoms with E-state index < -0.39 is 5.41 Å². The molecule has 9 aromatic rings. The highest BCUT2D eigenvalue weighted by atomic mass is 16.3. The molecule has 2 aliphatic carbocycles. The summed E-state index contributed by atoms with van der Waals surface area (Å²) in [4.78, 5) is 2.61. The molecule has 1 unspecified atom stereocenters. The van der Waals surface area contributed by atoms with Crippen LogP contribution in [0.3, 0.4) is 0 Å². The van der Waals surface area contributed by atoms with Crippen LogP contribution in [-0.2, 0) is 16.2 Å². The van der Waals surface area contributed by atoms with Crippen molar-refractivity contribution in [3.8, 4) is 33.4 Å². The predicted molar refractivity (Wildman–Crippen MR) is 239 cm³/mol. The Morgan fingerprint density at radius 2 is 1.16 bits per heavy atom. The zero-order valence-corrected chi connectivity index (χ0v) is 33.3. The maximum Gasteiger partial charge on any atom is 0.141 e. The molecule has 0 bridgehead atoms. The minimum atomic E-state index is -0.481. The molecule has 1 atom stereocenters. The van der Waals surface area contributed by atoms with Crippen molar-refractivity contribution in [2.45, 2.75) is 57.8 Å². The lowest BCUT2D eigenvalue weighted by Crippen LogP contribution is -2.35. The second kappa shape index (κ2) is 10.9. The summed E-state index contributed by atoms with van der Waals surface area (Å²) >= 11 is 0. The van der Waals surface area contributed by atoms with Gasteiger partial charge in [-0.2, -0.15) is 0 Å². The Hall–Kier alpha value is -6.38. The summed E-state index contributed by atoms with van der Waals surface area (Å²) in [7, 11) is 0. The molecule has 0 fully saturated rings. The Balaban J connectivity index is 1.24. The fraction of sp³-hybridized carbons (Fsp3) is 0.164. The van der Waals surface area contributed by atoms with Gasteiger partial charge in [0.2, 0.25) is 0 Å². The topological polar surface area (TPSA) is 16.4 Å². The third-order valence-corrected chi connectivity index (χ3v) is 13.7. The van der Waals surface area contributed by atoms with Gasteiger partial charge in [0.1, 0.15) is 11.2 Å². The highest BCUT2D eigenvalue weighted by molar-refractivity contribution is 6.13. The van der Waals surface area contributed by atoms with E-state index in [1.807, 2.05) is 0 Å². The number of anilines is 3. The summed E-state index contributed by atoms with van der Waals surface area (Å²) < 4.78 is 7.05. The summed E-state index contributed by atoms with van der Waals surface area (Å²) in [5.74, 6) is 0. The van der Waals surface area contributed by atoms with E-state index in [4.69, 9.17) is 4.42 Å². The number of furan rings is 1. The second-order valence-electron chi connectivity index (χ2n) is 18.2. The van der Waals surface area contributed by atoms with Crippen molar-refractivity contribution >= 4 is 49.8 Å². The maximum atomic E-state index is 7.05. The van der Waals surface area contributed by atoms with Gasteiger partial charge in [0.25, 0.3) is 0 Å². The maximum absolute atomic E-state index is 7.05. The van der Waals surface area contributed by atoms with Crippen LogP contribution >= 0.6 is 0 Å². The quantitative estimate of drug-likeness (QED) is 0.176. The standard InChI is InChI=1S/C55H43NO/c1-53(2,3)48-45-39-18-9-12-20-41(39)54(4,5)49(45)51-50-46(48)40-19-10-13-21-42(40)55(50,6)47-43(30-29-38-37-17-11-14-22-44(37)57-52(38)47)56(51)36-27-25-33(26-28-36)35-24-23-32-15-7-8-16-34(32)31-35/h7-31H,1-6H3. The van der Waals surface area contributed by atoms with Gasteiger partial charge in [-0.15, -0.1) is 0 Å². The van der Waals surface area contributed by atoms with Gasteiger partial charge < -0.3 is 9.32 Å². The Morgan fingerprint density at radius 1 is 0.526 bits per heavy atom. The molecule has 2 heteroatoms. The fourth-order valence-corrected chi connectivity index (χ4v) is 11.3. The van der Waals surface area contributed by atoms with Gasteiger partial charge in [0.05, 0.1) is 16.8 Å². The zero-order chi connectivity index (χ0) is 38.6. The van der Waals surface area contributed by atoms with Gasteiger partial charge in [0, 0.05) is 27.4 Å². The van der Waals surface area contributed by atoms with Crippen LogP contribution in [0.2, 0.25) is 0 Å². The molecule has 3 aliphatic rings. The van der Waals surface area contributed by atoms with Crippen molar-refractivity contribution in [3.63, 3.8) is 0 Å². The van der Waals surface area contributed by atoms with Crippen LogP contribution in [-0.4, -0.2) is 0 Å². The summed E-state index contributed by atoms with van der Waals surface area (Å²) in [5.41, 5.74) is 20.8. The monoisotopic (exact) mass is 733 g/mol. The molecule has 274 valence electrons. The molecule has 8 aromatic carbocycles. The van der Waals surface area contributed by atoms with E-state index in [9.17, 15) is 0 Å². The molecule has 0 saturated carbocycles. The first-order valence-corrected chi connectivity index (χ1v) is 20.4. The number of hydrogen-bond donors (Lipinski definition) is 0. The van der Waals surface area contributed by atoms with Crippen molar-refractivity contribution in [2.75, 3.05) is 4.90 Å². The Morgan fingerprint density at radius 3 is 1.93 bits per heavy atom. The lowest BCUT2D eigenvalue weighted by molar-refractivity contribution is 0.587. The van der Waals surface area contributed by atoms with Gasteiger partial charge in [-0.3, -0.25) is 0 Å². The first-order chi connectivity index (χ1) is 27.6. The molecule has 2 heterocycles. The third kappa shape index (κ3) is 4.10. The van der Waals surface area contributed by atoms with Crippen LogP contribution < -0.4 is 4.90 Å². The number of hydrogen-bond acceptors (Lipinski definition) is 2. The van der Waals surface area contributed by atoms with Crippen molar-refractivity contribution in [1.82, 2.24) is 0 Å². The molecule has 2 nitrogen and oxygen atoms in total. The van der Waals surface area contributed by atoms with E-state index >= 15 is 0 Å². The fourth-order valence-electron chi connectivity index (χ4n) is 11.3. The van der Waals surface area contributed by atoms with Gasteiger partial charge in [-0.25, -0.2) is 0 Å². The van der Waals surface area contributed by atoms with E-state index in [2.05, 4.69) is 198 Å². The lowest BCUT2D eigenvalue weighted by atomic mass is 9.66. The molecule has 0 amide bonds. The average Bonchev–Trinajstić information content (AvgIpc) is 3.81. The minimum absolute atomic E-state index is 0.141. The first kappa shape index (κ1) is 32.8. The van der Waals surface area contributed by atoms with Crippen LogP contribution in [0.15, 0.2) is 156 Å². The van der Waals surface area contributed by atoms with Crippen LogP contribution in [0.25, 0.3) is 66.1 Å². The van der Waals surface area contributed by atoms with Crippen LogP contribution in [0, 0.1) is 0 Å². The Kier molecular flexibility index (Phi) is 6.29. The molecule has 0 saturated heterocycles. The number of para-hydroxylation sites is 1. The van der Waals surface area contributed by atoms with Gasteiger partial charge in [-0.1, -0.05) is 150 Å². The predicted octanol–water partition coefficient (Wildman–Crippen LogP) is 15.1. The molecular formula is C55H43NO. The van der Waals surface area contributed by atoms with Gasteiger partial charge >= 0.3 is 0 Å². The number of rotatable bonds is 2. The Bertz CT molecular complexity index is 3210. The smallest absolute Gasteiger partial charge is 0.141 e. The Labute approximate surface area is 334 Å². The summed E-state index contributed by atoms with van der Waals surface area (Å²) in [6.45, 7) is 14.6. The van der Waals surface area contributed by atoms with Crippen molar-refractivity contribution < 1.29 is 4.42 Å². The van der Waals surface area contributed by atoms with E-state index in [0.717, 1.165) is 27.6 Å². The summed E-state index contributed by atoms with van der Waals surface area (Å²) in [6.07, 6.45) is 0. The number of nitrogens with zero attached hydrogens (tertiary/aromatic N) is 1. The molecular weight excluding hydrogens is 691 g/mol. The van der Waals surface area contributed by atoms with Crippen LogP contribution in [0.4, 0.5) is 17.1 Å². The molecule has 1 aliphatic heterocycles. The average molecular weight is 734 g/mol. The zero-order valence-electron chi connectivity index (χ0n) is 33.3. The van der Waals surface area contributed by atoms with Gasteiger partial charge in [0.15, 0.2) is 0 Å². The minimum Gasteiger partial charge on any atom is -0.456 e. The van der Waals surface area contributed by atoms with Crippen LogP contribution in [0.5, 0.6) is 0 Å². The SMILES string of the molecule is CC(C)(C)c1c2c(c3c4c1-c1ccccc1C4(C)c1c(ccc4c1oc1ccccc14)N3c1ccc(-c3ccc4ccccc4c3)cc1)C(C)(C)c1ccccc1-2. The molecule has 57 heavy (non-hydrogen) atoms. The number of benzene rings is 8. The lowest BCUT2D eigenvalue weighted by Gasteiger charge is -2.45. The summed E-state index contributed by atoms with van der Waals surface area (Å²) in [5, 5.41) is 4.83. The van der Waals surface area contributed by atoms with Crippen molar-refractivity contribution in [3.05, 3.63) is 185 Å². The highest BCUT2D eigenvalue weighted by Crippen LogP contribution is 2.70.